The van der Waals surface area contributed by atoms with Crippen LogP contribution in [0.3, 0.4) is 0 Å². The fourth-order valence-corrected chi connectivity index (χ4v) is 1.81. The number of alkyl halides is 3. The predicted molar refractivity (Wildman–Crippen MR) is 68.3 cm³/mol. The summed E-state index contributed by atoms with van der Waals surface area (Å²) >= 11 is 0. The van der Waals surface area contributed by atoms with E-state index in [0.29, 0.717) is 12.0 Å². The summed E-state index contributed by atoms with van der Waals surface area (Å²) < 4.78 is 38.0. The van der Waals surface area contributed by atoms with Crippen molar-refractivity contribution in [1.29, 1.82) is 0 Å². The number of ketones is 1. The second-order valence-electron chi connectivity index (χ2n) is 4.92. The molecule has 5 heteroatoms. The van der Waals surface area contributed by atoms with Gasteiger partial charge in [0.2, 0.25) is 0 Å². The quantitative estimate of drug-likeness (QED) is 0.765. The van der Waals surface area contributed by atoms with Crippen molar-refractivity contribution in [2.24, 2.45) is 0 Å². The number of rotatable bonds is 5. The van der Waals surface area contributed by atoms with Crippen molar-refractivity contribution in [3.05, 3.63) is 34.9 Å². The van der Waals surface area contributed by atoms with E-state index in [-0.39, 0.29) is 17.8 Å². The number of benzene rings is 1. The molecule has 0 aliphatic heterocycles. The molecule has 0 aromatic heterocycles. The third-order valence-electron chi connectivity index (χ3n) is 2.74. The lowest BCUT2D eigenvalue weighted by Crippen LogP contribution is -2.14. The van der Waals surface area contributed by atoms with E-state index in [0.717, 1.165) is 18.7 Å². The first-order chi connectivity index (χ1) is 8.70. The van der Waals surface area contributed by atoms with Crippen molar-refractivity contribution in [3.63, 3.8) is 0 Å². The van der Waals surface area contributed by atoms with Crippen LogP contribution < -0.4 is 0 Å². The van der Waals surface area contributed by atoms with Gasteiger partial charge in [-0.1, -0.05) is 0 Å². The summed E-state index contributed by atoms with van der Waals surface area (Å²) in [7, 11) is 3.78. The molecule has 0 atom stereocenters. The maximum atomic E-state index is 12.7. The molecule has 19 heavy (non-hydrogen) atoms. The second-order valence-corrected chi connectivity index (χ2v) is 4.92. The molecule has 1 aromatic carbocycles. The lowest BCUT2D eigenvalue weighted by atomic mass is 10.0. The molecule has 1 aromatic rings. The molecular weight excluding hydrogens is 255 g/mol. The van der Waals surface area contributed by atoms with Crippen LogP contribution in [0.25, 0.3) is 0 Å². The molecule has 1 rings (SSSR count). The standard InChI is InChI=1S/C14H18F3NO/c1-10-7-11(9-12(8-10)14(15,16)17)13(19)5-4-6-18(2)3/h7-9H,4-6H2,1-3H3. The first kappa shape index (κ1) is 15.7. The monoisotopic (exact) mass is 273 g/mol. The molecule has 0 saturated carbocycles. The van der Waals surface area contributed by atoms with E-state index in [1.807, 2.05) is 19.0 Å². The Morgan fingerprint density at radius 3 is 2.37 bits per heavy atom. The van der Waals surface area contributed by atoms with Crippen LogP contribution in [-0.4, -0.2) is 31.3 Å². The maximum absolute atomic E-state index is 12.7. The van der Waals surface area contributed by atoms with Gasteiger partial charge in [-0.05, 0) is 57.7 Å². The molecule has 0 aliphatic carbocycles. The van der Waals surface area contributed by atoms with Gasteiger partial charge in [0.15, 0.2) is 5.78 Å². The van der Waals surface area contributed by atoms with E-state index in [9.17, 15) is 18.0 Å². The molecular formula is C14H18F3NO. The van der Waals surface area contributed by atoms with Crippen LogP contribution >= 0.6 is 0 Å². The van der Waals surface area contributed by atoms with Crippen molar-refractivity contribution < 1.29 is 18.0 Å². The lowest BCUT2D eigenvalue weighted by molar-refractivity contribution is -0.137. The largest absolute Gasteiger partial charge is 0.416 e. The zero-order chi connectivity index (χ0) is 14.6. The van der Waals surface area contributed by atoms with Gasteiger partial charge in [-0.15, -0.1) is 0 Å². The van der Waals surface area contributed by atoms with Gasteiger partial charge < -0.3 is 4.90 Å². The normalized spacial score (nSPS) is 11.9. The molecule has 106 valence electrons. The van der Waals surface area contributed by atoms with Gasteiger partial charge in [-0.3, -0.25) is 4.79 Å². The van der Waals surface area contributed by atoms with Gasteiger partial charge >= 0.3 is 6.18 Å². The van der Waals surface area contributed by atoms with Crippen molar-refractivity contribution in [3.8, 4) is 0 Å². The third-order valence-corrected chi connectivity index (χ3v) is 2.74. The van der Waals surface area contributed by atoms with Crippen LogP contribution in [0.15, 0.2) is 18.2 Å². The molecule has 0 N–H and O–H groups in total. The minimum atomic E-state index is -4.41. The Balaban J connectivity index is 2.83. The summed E-state index contributed by atoms with van der Waals surface area (Å²) in [6.45, 7) is 2.30. The number of hydrogen-bond donors (Lipinski definition) is 0. The summed E-state index contributed by atoms with van der Waals surface area (Å²) in [6, 6.07) is 3.49. The van der Waals surface area contributed by atoms with Crippen LogP contribution in [-0.2, 0) is 6.18 Å². The molecule has 0 radical (unpaired) electrons. The summed E-state index contributed by atoms with van der Waals surface area (Å²) in [5.74, 6) is -0.240. The number of carbonyl (C=O) groups is 1. The molecule has 0 spiro atoms. The van der Waals surface area contributed by atoms with Crippen LogP contribution in [0, 0.1) is 6.92 Å². The lowest BCUT2D eigenvalue weighted by Gasteiger charge is -2.11. The Labute approximate surface area is 111 Å². The highest BCUT2D eigenvalue weighted by atomic mass is 19.4. The molecule has 0 aliphatic rings. The van der Waals surface area contributed by atoms with Gasteiger partial charge in [-0.25, -0.2) is 0 Å². The van der Waals surface area contributed by atoms with Crippen LogP contribution in [0.2, 0.25) is 0 Å². The highest BCUT2D eigenvalue weighted by molar-refractivity contribution is 5.96. The molecule has 0 fully saturated rings. The second kappa shape index (κ2) is 6.19. The summed E-state index contributed by atoms with van der Waals surface area (Å²) in [6.07, 6.45) is -3.51. The highest BCUT2D eigenvalue weighted by Crippen LogP contribution is 2.30. The number of aryl methyl sites for hydroxylation is 1. The topological polar surface area (TPSA) is 20.3 Å². The zero-order valence-corrected chi connectivity index (χ0v) is 11.3. The van der Waals surface area contributed by atoms with E-state index >= 15 is 0 Å². The maximum Gasteiger partial charge on any atom is 0.416 e. The number of Topliss-reactive ketones (excluding diaryl/α,β-unsaturated/α-hetero) is 1. The van der Waals surface area contributed by atoms with Crippen LogP contribution in [0.4, 0.5) is 13.2 Å². The van der Waals surface area contributed by atoms with Gasteiger partial charge in [0.05, 0.1) is 5.56 Å². The zero-order valence-electron chi connectivity index (χ0n) is 11.3. The highest BCUT2D eigenvalue weighted by Gasteiger charge is 2.31. The Kier molecular flexibility index (Phi) is 5.11. The smallest absolute Gasteiger partial charge is 0.309 e. The van der Waals surface area contributed by atoms with Crippen LogP contribution in [0.5, 0.6) is 0 Å². The van der Waals surface area contributed by atoms with E-state index in [4.69, 9.17) is 0 Å². The fraction of sp³-hybridized carbons (Fsp3) is 0.500. The Morgan fingerprint density at radius 2 is 1.84 bits per heavy atom. The average molecular weight is 273 g/mol. The Bertz CT molecular complexity index is 452. The molecule has 0 unspecified atom stereocenters. The fourth-order valence-electron chi connectivity index (χ4n) is 1.81. The van der Waals surface area contributed by atoms with Crippen LogP contribution in [0.1, 0.15) is 34.3 Å². The average Bonchev–Trinajstić information content (AvgIpc) is 2.26. The minimum Gasteiger partial charge on any atom is -0.309 e. The Hall–Kier alpha value is -1.36. The van der Waals surface area contributed by atoms with Crippen molar-refractivity contribution in [2.75, 3.05) is 20.6 Å². The third kappa shape index (κ3) is 5.03. The van der Waals surface area contributed by atoms with E-state index in [1.165, 1.54) is 6.07 Å². The molecule has 0 heterocycles. The van der Waals surface area contributed by atoms with Gasteiger partial charge in [0, 0.05) is 12.0 Å². The van der Waals surface area contributed by atoms with E-state index < -0.39 is 11.7 Å². The first-order valence-corrected chi connectivity index (χ1v) is 6.07. The number of halogens is 3. The number of carbonyl (C=O) groups excluding carboxylic acids is 1. The summed E-state index contributed by atoms with van der Waals surface area (Å²) in [5, 5.41) is 0. The molecule has 2 nitrogen and oxygen atoms in total. The minimum absolute atomic E-state index is 0.145. The van der Waals surface area contributed by atoms with Gasteiger partial charge in [0.25, 0.3) is 0 Å². The van der Waals surface area contributed by atoms with E-state index in [1.54, 1.807) is 6.92 Å². The number of hydrogen-bond acceptors (Lipinski definition) is 2. The van der Waals surface area contributed by atoms with Crippen molar-refractivity contribution in [1.82, 2.24) is 4.90 Å². The van der Waals surface area contributed by atoms with Gasteiger partial charge in [-0.2, -0.15) is 13.2 Å². The predicted octanol–water partition coefficient (Wildman–Crippen LogP) is 3.54. The SMILES string of the molecule is Cc1cc(C(=O)CCCN(C)C)cc(C(F)(F)F)c1. The first-order valence-electron chi connectivity index (χ1n) is 6.07. The number of nitrogens with zero attached hydrogens (tertiary/aromatic N) is 1. The summed E-state index contributed by atoms with van der Waals surface area (Å²) in [5.41, 5.74) is -0.166. The molecule has 0 amide bonds. The van der Waals surface area contributed by atoms with Crippen molar-refractivity contribution >= 4 is 5.78 Å². The molecule has 0 saturated heterocycles. The van der Waals surface area contributed by atoms with E-state index in [2.05, 4.69) is 0 Å². The van der Waals surface area contributed by atoms with Crippen molar-refractivity contribution in [2.45, 2.75) is 25.9 Å². The summed E-state index contributed by atoms with van der Waals surface area (Å²) in [4.78, 5) is 13.8. The molecule has 0 bridgehead atoms. The Morgan fingerprint density at radius 1 is 1.21 bits per heavy atom. The van der Waals surface area contributed by atoms with Gasteiger partial charge in [0.1, 0.15) is 0 Å².